The zero-order valence-electron chi connectivity index (χ0n) is 14.9. The first-order valence-corrected chi connectivity index (χ1v) is 8.52. The van der Waals surface area contributed by atoms with Crippen LogP contribution in [0.2, 0.25) is 5.15 Å². The van der Waals surface area contributed by atoms with E-state index in [0.717, 1.165) is 0 Å². The number of aromatic nitrogens is 1. The quantitative estimate of drug-likeness (QED) is 0.664. The summed E-state index contributed by atoms with van der Waals surface area (Å²) in [5.74, 6) is -2.14. The first-order chi connectivity index (χ1) is 12.1. The third-order valence-corrected chi connectivity index (χ3v) is 4.00. The normalized spacial score (nSPS) is 12.4. The smallest absolute Gasteiger partial charge is 0.326 e. The second-order valence-electron chi connectivity index (χ2n) is 6.51. The van der Waals surface area contributed by atoms with Gasteiger partial charge in [-0.1, -0.05) is 25.4 Å². The number of carboxylic acids is 1. The van der Waals surface area contributed by atoms with E-state index in [2.05, 4.69) is 10.3 Å². The molecule has 26 heavy (non-hydrogen) atoms. The van der Waals surface area contributed by atoms with Gasteiger partial charge in [0.15, 0.2) is 11.4 Å². The van der Waals surface area contributed by atoms with E-state index in [1.165, 1.54) is 0 Å². The molecule has 8 heteroatoms. The van der Waals surface area contributed by atoms with E-state index in [9.17, 15) is 19.8 Å². The van der Waals surface area contributed by atoms with Gasteiger partial charge in [0.1, 0.15) is 16.9 Å². The van der Waals surface area contributed by atoms with Gasteiger partial charge >= 0.3 is 5.97 Å². The Kier molecular flexibility index (Phi) is 5.92. The Morgan fingerprint density at radius 1 is 1.19 bits per heavy atom. The second kappa shape index (κ2) is 7.78. The first kappa shape index (κ1) is 19.8. The number of nitrogens with zero attached hydrogens (tertiary/aromatic N) is 1. The number of ether oxygens (including phenoxy) is 1. The van der Waals surface area contributed by atoms with E-state index in [1.54, 1.807) is 32.0 Å². The Morgan fingerprint density at radius 3 is 2.38 bits per heavy atom. The lowest BCUT2D eigenvalue weighted by atomic mass is 10.0. The number of nitrogens with one attached hydrogen (secondary N) is 1. The Labute approximate surface area is 155 Å². The maximum Gasteiger partial charge on any atom is 0.326 e. The molecule has 1 amide bonds. The van der Waals surface area contributed by atoms with Gasteiger partial charge in [-0.15, -0.1) is 0 Å². The van der Waals surface area contributed by atoms with Gasteiger partial charge < -0.3 is 20.3 Å². The van der Waals surface area contributed by atoms with Gasteiger partial charge in [0.2, 0.25) is 0 Å². The molecule has 2 aromatic rings. The van der Waals surface area contributed by atoms with Gasteiger partial charge in [-0.05, 0) is 38.0 Å². The average molecular weight is 381 g/mol. The molecule has 0 saturated heterocycles. The molecule has 140 valence electrons. The van der Waals surface area contributed by atoms with Crippen molar-refractivity contribution < 1.29 is 24.5 Å². The SMILES string of the molecule is CC(C)Oc1ccc2c(O)c(C(=O)NC(C(=O)O)C(C)C)nc(Cl)c2c1. The number of amides is 1. The number of rotatable bonds is 6. The molecule has 1 unspecified atom stereocenters. The molecule has 0 fully saturated rings. The van der Waals surface area contributed by atoms with Crippen molar-refractivity contribution in [3.8, 4) is 11.5 Å². The summed E-state index contributed by atoms with van der Waals surface area (Å²) in [6, 6.07) is 3.73. The van der Waals surface area contributed by atoms with Crippen LogP contribution in [0, 0.1) is 5.92 Å². The van der Waals surface area contributed by atoms with Crippen LogP contribution in [0.15, 0.2) is 18.2 Å². The molecule has 0 aliphatic heterocycles. The molecule has 0 aliphatic rings. The van der Waals surface area contributed by atoms with Crippen LogP contribution in [0.1, 0.15) is 38.2 Å². The molecule has 1 heterocycles. The summed E-state index contributed by atoms with van der Waals surface area (Å²) in [6.07, 6.45) is -0.0400. The molecule has 0 aliphatic carbocycles. The number of carboxylic acid groups (broad SMARTS) is 1. The van der Waals surface area contributed by atoms with E-state index in [4.69, 9.17) is 16.3 Å². The summed E-state index contributed by atoms with van der Waals surface area (Å²) in [4.78, 5) is 27.6. The summed E-state index contributed by atoms with van der Waals surface area (Å²) in [6.45, 7) is 7.08. The third-order valence-electron chi connectivity index (χ3n) is 3.71. The number of aromatic hydroxyl groups is 1. The standard InChI is InChI=1S/C18H21ClN2O5/c1-8(2)13(18(24)25)21-17(23)14-15(22)11-6-5-10(26-9(3)4)7-12(11)16(19)20-14/h5-9,13,22H,1-4H3,(H,21,23)(H,24,25). The summed E-state index contributed by atoms with van der Waals surface area (Å²) in [5, 5.41) is 22.8. The van der Waals surface area contributed by atoms with Crippen molar-refractivity contribution in [3.05, 3.63) is 29.0 Å². The number of carbonyl (C=O) groups excluding carboxylic acids is 1. The number of hydrogen-bond acceptors (Lipinski definition) is 5. The molecular formula is C18H21ClN2O5. The van der Waals surface area contributed by atoms with Gasteiger partial charge in [0.25, 0.3) is 5.91 Å². The predicted molar refractivity (Wildman–Crippen MR) is 97.9 cm³/mol. The highest BCUT2D eigenvalue weighted by molar-refractivity contribution is 6.35. The zero-order valence-corrected chi connectivity index (χ0v) is 15.7. The van der Waals surface area contributed by atoms with Crippen LogP contribution in [0.3, 0.4) is 0 Å². The average Bonchev–Trinajstić information content (AvgIpc) is 2.54. The summed E-state index contributed by atoms with van der Waals surface area (Å²) >= 11 is 6.17. The van der Waals surface area contributed by atoms with Crippen molar-refractivity contribution in [2.75, 3.05) is 0 Å². The predicted octanol–water partition coefficient (Wildman–Crippen LogP) is 3.22. The van der Waals surface area contributed by atoms with Crippen LogP contribution < -0.4 is 10.1 Å². The topological polar surface area (TPSA) is 109 Å². The molecule has 3 N–H and O–H groups in total. The molecule has 0 radical (unpaired) electrons. The van der Waals surface area contributed by atoms with E-state index in [-0.39, 0.29) is 28.6 Å². The Bertz CT molecular complexity index is 851. The summed E-state index contributed by atoms with van der Waals surface area (Å²) in [5.41, 5.74) is -0.327. The molecule has 1 aromatic heterocycles. The number of aliphatic carboxylic acids is 1. The van der Waals surface area contributed by atoms with Crippen molar-refractivity contribution in [1.29, 1.82) is 0 Å². The minimum absolute atomic E-state index is 0.00794. The number of carbonyl (C=O) groups is 2. The van der Waals surface area contributed by atoms with E-state index in [1.807, 2.05) is 13.8 Å². The van der Waals surface area contributed by atoms with Gasteiger partial charge in [0, 0.05) is 10.8 Å². The van der Waals surface area contributed by atoms with Crippen LogP contribution in [-0.4, -0.2) is 39.2 Å². The van der Waals surface area contributed by atoms with Gasteiger partial charge in [-0.3, -0.25) is 4.79 Å². The highest BCUT2D eigenvalue weighted by Gasteiger charge is 2.27. The fourth-order valence-electron chi connectivity index (χ4n) is 2.47. The van der Waals surface area contributed by atoms with Crippen molar-refractivity contribution in [3.63, 3.8) is 0 Å². The van der Waals surface area contributed by atoms with Crippen LogP contribution in [0.25, 0.3) is 10.8 Å². The monoisotopic (exact) mass is 380 g/mol. The van der Waals surface area contributed by atoms with E-state index >= 15 is 0 Å². The lowest BCUT2D eigenvalue weighted by Crippen LogP contribution is -2.44. The molecule has 1 atom stereocenters. The summed E-state index contributed by atoms with van der Waals surface area (Å²) < 4.78 is 5.59. The summed E-state index contributed by atoms with van der Waals surface area (Å²) in [7, 11) is 0. The second-order valence-corrected chi connectivity index (χ2v) is 6.87. The largest absolute Gasteiger partial charge is 0.505 e. The van der Waals surface area contributed by atoms with Crippen molar-refractivity contribution in [2.24, 2.45) is 5.92 Å². The number of fused-ring (bicyclic) bond motifs is 1. The number of halogens is 1. The molecular weight excluding hydrogens is 360 g/mol. The van der Waals surface area contributed by atoms with Crippen molar-refractivity contribution >= 4 is 34.2 Å². The lowest BCUT2D eigenvalue weighted by Gasteiger charge is -2.18. The number of hydrogen-bond donors (Lipinski definition) is 3. The first-order valence-electron chi connectivity index (χ1n) is 8.14. The number of benzene rings is 1. The van der Waals surface area contributed by atoms with Crippen LogP contribution in [0.5, 0.6) is 11.5 Å². The molecule has 2 rings (SSSR count). The van der Waals surface area contributed by atoms with Crippen molar-refractivity contribution in [2.45, 2.75) is 39.8 Å². The fraction of sp³-hybridized carbons (Fsp3) is 0.389. The Balaban J connectivity index is 2.44. The highest BCUT2D eigenvalue weighted by atomic mass is 35.5. The van der Waals surface area contributed by atoms with Gasteiger partial charge in [-0.2, -0.15) is 0 Å². The Hall–Kier alpha value is -2.54. The zero-order chi connectivity index (χ0) is 19.6. The highest BCUT2D eigenvalue weighted by Crippen LogP contribution is 2.34. The maximum absolute atomic E-state index is 12.4. The van der Waals surface area contributed by atoms with Gasteiger partial charge in [-0.25, -0.2) is 9.78 Å². The van der Waals surface area contributed by atoms with Crippen molar-refractivity contribution in [1.82, 2.24) is 10.3 Å². The van der Waals surface area contributed by atoms with Gasteiger partial charge in [0.05, 0.1) is 6.10 Å². The fourth-order valence-corrected chi connectivity index (χ4v) is 2.71. The minimum Gasteiger partial charge on any atom is -0.505 e. The van der Waals surface area contributed by atoms with E-state index in [0.29, 0.717) is 16.5 Å². The molecule has 0 bridgehead atoms. The molecule has 7 nitrogen and oxygen atoms in total. The van der Waals surface area contributed by atoms with E-state index < -0.39 is 17.9 Å². The number of pyridine rings is 1. The maximum atomic E-state index is 12.4. The molecule has 0 spiro atoms. The Morgan fingerprint density at radius 2 is 1.85 bits per heavy atom. The lowest BCUT2D eigenvalue weighted by molar-refractivity contribution is -0.140. The van der Waals surface area contributed by atoms with Crippen LogP contribution in [0.4, 0.5) is 0 Å². The molecule has 0 saturated carbocycles. The minimum atomic E-state index is -1.17. The van der Waals surface area contributed by atoms with Crippen LogP contribution in [-0.2, 0) is 4.79 Å². The van der Waals surface area contributed by atoms with Crippen LogP contribution >= 0.6 is 11.6 Å². The third kappa shape index (κ3) is 4.16. The molecule has 1 aromatic carbocycles.